The van der Waals surface area contributed by atoms with Crippen molar-refractivity contribution in [3.63, 3.8) is 0 Å². The highest BCUT2D eigenvalue weighted by Gasteiger charge is 2.64. The van der Waals surface area contributed by atoms with Crippen LogP contribution in [0.1, 0.15) is 73.2 Å². The van der Waals surface area contributed by atoms with E-state index in [1.165, 1.54) is 35.8 Å². The number of aliphatic hydroxyl groups is 2. The van der Waals surface area contributed by atoms with Gasteiger partial charge in [-0.05, 0) is 82.3 Å². The Kier molecular flexibility index (Phi) is 17.6. The topological polar surface area (TPSA) is 217 Å². The van der Waals surface area contributed by atoms with Crippen LogP contribution in [0.4, 0.5) is 16.2 Å². The third-order valence-electron chi connectivity index (χ3n) is 13.7. The van der Waals surface area contributed by atoms with Crippen LogP contribution in [-0.2, 0) is 39.8 Å². The molecule has 9 atom stereocenters. The molecule has 4 aliphatic rings. The highest BCUT2D eigenvalue weighted by molar-refractivity contribution is 7.99. The molecule has 2 aromatic rings. The first-order chi connectivity index (χ1) is 32.8. The quantitative estimate of drug-likeness (QED) is 0.0786. The average Bonchev–Trinajstić information content (AvgIpc) is 4.04. The van der Waals surface area contributed by atoms with Gasteiger partial charge in [-0.3, -0.25) is 34.2 Å². The van der Waals surface area contributed by atoms with Crippen molar-refractivity contribution in [3.05, 3.63) is 75.8 Å². The molecule has 3 amide bonds. The Balaban J connectivity index is 1.12. The molecule has 376 valence electrons. The maximum absolute atomic E-state index is 14.3. The Morgan fingerprint density at radius 2 is 1.81 bits per heavy atom. The van der Waals surface area contributed by atoms with Crippen molar-refractivity contribution in [1.29, 1.82) is 0 Å². The number of hydrogen-bond acceptors (Lipinski definition) is 16. The number of allylic oxidation sites excluding steroid dienone is 3. The Hall–Kier alpha value is -5.02. The van der Waals surface area contributed by atoms with Crippen molar-refractivity contribution in [1.82, 2.24) is 15.1 Å². The first-order valence-electron chi connectivity index (χ1n) is 22.9. The van der Waals surface area contributed by atoms with Gasteiger partial charge in [0.15, 0.2) is 18.3 Å². The number of ether oxygens (including phenoxy) is 5. The fourth-order valence-corrected chi connectivity index (χ4v) is 10.3. The van der Waals surface area contributed by atoms with Crippen molar-refractivity contribution in [3.8, 4) is 5.75 Å². The Morgan fingerprint density at radius 3 is 2.48 bits per heavy atom. The number of aldehydes is 2. The molecule has 0 aromatic heterocycles. The van der Waals surface area contributed by atoms with Crippen LogP contribution in [0.2, 0.25) is 5.02 Å². The van der Waals surface area contributed by atoms with E-state index in [1.807, 2.05) is 13.0 Å². The number of thioether (sulfide) groups is 1. The van der Waals surface area contributed by atoms with Crippen LogP contribution in [0, 0.1) is 5.92 Å². The molecular formula is C49H64ClN5O13S. The number of piperazine rings is 1. The van der Waals surface area contributed by atoms with Crippen molar-refractivity contribution in [2.45, 2.75) is 101 Å². The predicted molar refractivity (Wildman–Crippen MR) is 260 cm³/mol. The van der Waals surface area contributed by atoms with Crippen molar-refractivity contribution >= 4 is 71.2 Å². The smallest absolute Gasteiger partial charge is 0.409 e. The molecule has 0 spiro atoms. The van der Waals surface area contributed by atoms with E-state index in [1.54, 1.807) is 82.3 Å². The number of carbonyl (C=O) groups is 6. The number of benzene rings is 2. The summed E-state index contributed by atoms with van der Waals surface area (Å²) in [7, 11) is 6.05. The van der Waals surface area contributed by atoms with Gasteiger partial charge in [-0.1, -0.05) is 42.3 Å². The summed E-state index contributed by atoms with van der Waals surface area (Å²) >= 11 is 8.18. The number of aliphatic hydroxyl groups excluding tert-OH is 1. The number of nitrogens with one attached hydrogen (secondary N) is 1. The zero-order valence-corrected chi connectivity index (χ0v) is 41.9. The van der Waals surface area contributed by atoms with E-state index in [0.717, 1.165) is 16.8 Å². The zero-order valence-electron chi connectivity index (χ0n) is 40.3. The van der Waals surface area contributed by atoms with E-state index >= 15 is 0 Å². The number of fused-ring (bicyclic) bond motifs is 5. The number of anilines is 2. The maximum Gasteiger partial charge on any atom is 0.409 e. The summed E-state index contributed by atoms with van der Waals surface area (Å²) < 4.78 is 29.5. The number of esters is 1. The maximum atomic E-state index is 14.3. The third kappa shape index (κ3) is 12.3. The minimum absolute atomic E-state index is 0.0460. The molecule has 0 radical (unpaired) electrons. The number of methoxy groups -OCH3 is 2. The van der Waals surface area contributed by atoms with Crippen LogP contribution in [0.3, 0.4) is 0 Å². The van der Waals surface area contributed by atoms with Crippen LogP contribution in [-0.4, -0.2) is 170 Å². The van der Waals surface area contributed by atoms with Gasteiger partial charge in [-0.2, -0.15) is 11.8 Å². The molecule has 3 N–H and O–H groups in total. The second-order valence-electron chi connectivity index (χ2n) is 18.3. The van der Waals surface area contributed by atoms with E-state index in [4.69, 9.17) is 35.3 Å². The van der Waals surface area contributed by atoms with Crippen molar-refractivity contribution in [2.24, 2.45) is 5.92 Å². The Labute approximate surface area is 412 Å². The molecule has 0 aliphatic carbocycles. The minimum Gasteiger partial charge on any atom is -0.495 e. The van der Waals surface area contributed by atoms with Gasteiger partial charge in [0.05, 0.1) is 31.1 Å². The lowest BCUT2D eigenvalue weighted by Crippen LogP contribution is -2.63. The number of carbonyl (C=O) groups excluding carboxylic acids is 6. The van der Waals surface area contributed by atoms with Gasteiger partial charge in [0.2, 0.25) is 11.8 Å². The van der Waals surface area contributed by atoms with E-state index in [-0.39, 0.29) is 35.9 Å². The zero-order chi connectivity index (χ0) is 50.4. The molecule has 2 aromatic carbocycles. The largest absolute Gasteiger partial charge is 0.495 e. The summed E-state index contributed by atoms with van der Waals surface area (Å²) in [4.78, 5) is 83.9. The van der Waals surface area contributed by atoms with Crippen LogP contribution < -0.4 is 19.9 Å². The molecule has 0 saturated carbocycles. The van der Waals surface area contributed by atoms with Gasteiger partial charge in [0.1, 0.15) is 47.0 Å². The van der Waals surface area contributed by atoms with Crippen molar-refractivity contribution in [2.75, 3.05) is 75.8 Å². The van der Waals surface area contributed by atoms with Crippen LogP contribution in [0.5, 0.6) is 5.75 Å². The lowest BCUT2D eigenvalue weighted by Gasteiger charge is -2.42. The van der Waals surface area contributed by atoms with Gasteiger partial charge in [0.25, 0.3) is 0 Å². The molecule has 4 bridgehead atoms. The molecule has 7 unspecified atom stereocenters. The normalized spacial score (nSPS) is 28.6. The predicted octanol–water partition coefficient (Wildman–Crippen LogP) is 4.40. The summed E-state index contributed by atoms with van der Waals surface area (Å²) in [6, 6.07) is 7.66. The fourth-order valence-electron chi connectivity index (χ4n) is 9.09. The summed E-state index contributed by atoms with van der Waals surface area (Å²) in [5, 5.41) is 25.8. The van der Waals surface area contributed by atoms with Gasteiger partial charge in [-0.15, -0.1) is 0 Å². The van der Waals surface area contributed by atoms with Crippen LogP contribution in [0.15, 0.2) is 54.1 Å². The van der Waals surface area contributed by atoms with E-state index in [9.17, 15) is 39.0 Å². The minimum atomic E-state index is -1.86. The summed E-state index contributed by atoms with van der Waals surface area (Å²) in [6.45, 7) is 9.08. The van der Waals surface area contributed by atoms with Gasteiger partial charge in [0, 0.05) is 69.5 Å². The lowest BCUT2D eigenvalue weighted by atomic mass is 9.83. The fraction of sp³-hybridized carbons (Fsp3) is 0.551. The molecule has 20 heteroatoms. The Morgan fingerprint density at radius 1 is 1.10 bits per heavy atom. The number of nitrogens with zero attached hydrogens (tertiary/aromatic N) is 4. The molecule has 3 fully saturated rings. The highest BCUT2D eigenvalue weighted by atomic mass is 35.5. The average molecular weight is 999 g/mol. The number of halogens is 1. The molecule has 3 saturated heterocycles. The SMILES string of the molecule is COc1cc2cc(c1Cl)N(C)C(=O)C[C@H](OC(=O)[C@H](C)N(C)C(O)CCSCC(=O)N1CCN(c3ccc(C=O)c(C=O)c3)CC1)C1(C)OC1C(C)C1CC(O)(NC(=O)O1)C(OC)/C=C/C=C(\C)C2. The summed E-state index contributed by atoms with van der Waals surface area (Å²) in [5.41, 5.74) is 0.393. The summed E-state index contributed by atoms with van der Waals surface area (Å²) in [5.74, 6) is -0.845. The van der Waals surface area contributed by atoms with Crippen LogP contribution >= 0.6 is 23.4 Å². The first kappa shape index (κ1) is 53.3. The third-order valence-corrected chi connectivity index (χ3v) is 15.1. The molecule has 4 aliphatic heterocycles. The van der Waals surface area contributed by atoms with Gasteiger partial charge < -0.3 is 48.6 Å². The van der Waals surface area contributed by atoms with Gasteiger partial charge in [-0.25, -0.2) is 4.79 Å². The van der Waals surface area contributed by atoms with E-state index < -0.39 is 71.9 Å². The number of amides is 3. The molecule has 6 rings (SSSR count). The Bertz CT molecular complexity index is 2310. The first-order valence-corrected chi connectivity index (χ1v) is 24.4. The number of hydrogen-bond donors (Lipinski definition) is 3. The number of rotatable bonds is 14. The molecular weight excluding hydrogens is 934 g/mol. The number of likely N-dealkylation sites (N-methyl/N-ethyl adjacent to an activating group) is 1. The van der Waals surface area contributed by atoms with E-state index in [2.05, 4.69) is 10.2 Å². The van der Waals surface area contributed by atoms with Gasteiger partial charge >= 0.3 is 12.1 Å². The van der Waals surface area contributed by atoms with E-state index in [0.29, 0.717) is 73.5 Å². The highest BCUT2D eigenvalue weighted by Crippen LogP contribution is 2.49. The standard InChI is InChI=1S/C49H64ClN5O13S/c1-29-10-9-11-39(65-8)49(63)25-38(66-47(62)51-49)30(2)45-48(4,68-45)40(24-42(59)53(6)36-21-32(20-29)22-37(64-7)44(36)50)67-46(61)31(3)52(5)41(58)14-19-69-28-43(60)55-17-15-54(16-18-55)35-13-12-33(26-56)34(23-35)27-57/h9-13,21-23,26-27,30-31,38-41,45,58,63H,14-20,24-25,28H2,1-8H3,(H,51,62)/b11-9+,29-10+/t30?,31-,38?,39?,40-,41?,45?,48?,49?/m0/s1. The molecule has 4 heterocycles. The number of alkyl carbamates (subject to hydrolysis) is 1. The second-order valence-corrected chi connectivity index (χ2v) is 19.8. The molecule has 18 nitrogen and oxygen atoms in total. The molecule has 69 heavy (non-hydrogen) atoms. The lowest BCUT2D eigenvalue weighted by molar-refractivity contribution is -0.162. The van der Waals surface area contributed by atoms with Crippen LogP contribution in [0.25, 0.3) is 0 Å². The summed E-state index contributed by atoms with van der Waals surface area (Å²) in [6.07, 6.45) is 1.10. The number of epoxide rings is 1. The van der Waals surface area contributed by atoms with Crippen molar-refractivity contribution < 1.29 is 62.7 Å². The monoisotopic (exact) mass is 997 g/mol. The second kappa shape index (κ2) is 22.8.